The standard InChI is InChI=1S/C18H15O4P.B.H3P/c19-23(20-16-10-4-1-5-11-16,21-17-12-6-2-7-13-17)22-18-14-8-3-9-15-18;;/h1-15H;;1H3. The lowest BCUT2D eigenvalue weighted by Gasteiger charge is -2.19. The van der Waals surface area contributed by atoms with Crippen LogP contribution in [-0.4, -0.2) is 8.41 Å². The summed E-state index contributed by atoms with van der Waals surface area (Å²) in [6, 6.07) is 26.4. The van der Waals surface area contributed by atoms with Gasteiger partial charge in [0.05, 0.1) is 0 Å². The highest BCUT2D eigenvalue weighted by atomic mass is 31.2. The Kier molecular flexibility index (Phi) is 8.27. The summed E-state index contributed by atoms with van der Waals surface area (Å²) in [4.78, 5) is 0. The summed E-state index contributed by atoms with van der Waals surface area (Å²) in [6.45, 7) is 0. The van der Waals surface area contributed by atoms with Crippen molar-refractivity contribution in [2.45, 2.75) is 0 Å². The van der Waals surface area contributed by atoms with Crippen LogP contribution < -0.4 is 13.6 Å². The first kappa shape index (κ1) is 20.8. The minimum absolute atomic E-state index is 0. The van der Waals surface area contributed by atoms with Crippen LogP contribution in [0.2, 0.25) is 0 Å². The minimum Gasteiger partial charge on any atom is -0.386 e. The summed E-state index contributed by atoms with van der Waals surface area (Å²) in [7, 11) is -3.89. The van der Waals surface area contributed by atoms with Gasteiger partial charge < -0.3 is 13.6 Å². The van der Waals surface area contributed by atoms with Crippen LogP contribution in [0.3, 0.4) is 0 Å². The Morgan fingerprint density at radius 3 is 1.00 bits per heavy atom. The van der Waals surface area contributed by atoms with Gasteiger partial charge in [0.15, 0.2) is 0 Å². The molecule has 0 bridgehead atoms. The molecule has 0 spiro atoms. The average Bonchev–Trinajstić information content (AvgIpc) is 2.57. The molecule has 1 unspecified atom stereocenters. The number of para-hydroxylation sites is 3. The predicted molar refractivity (Wildman–Crippen MR) is 106 cm³/mol. The van der Waals surface area contributed by atoms with E-state index in [1.54, 1.807) is 72.8 Å². The van der Waals surface area contributed by atoms with E-state index in [0.29, 0.717) is 17.2 Å². The van der Waals surface area contributed by atoms with Crippen molar-refractivity contribution in [3.05, 3.63) is 91.0 Å². The van der Waals surface area contributed by atoms with E-state index in [2.05, 4.69) is 0 Å². The number of phosphoric ester groups is 1. The summed E-state index contributed by atoms with van der Waals surface area (Å²) in [6.07, 6.45) is 0. The van der Waals surface area contributed by atoms with E-state index in [9.17, 15) is 4.57 Å². The molecule has 0 aliphatic rings. The molecule has 25 heavy (non-hydrogen) atoms. The zero-order chi connectivity index (χ0) is 16.0. The second-order valence-corrected chi connectivity index (χ2v) is 6.10. The summed E-state index contributed by atoms with van der Waals surface area (Å²) < 4.78 is 29.6. The molecule has 0 heterocycles. The quantitative estimate of drug-likeness (QED) is 0.452. The zero-order valence-corrected chi connectivity index (χ0v) is 15.8. The van der Waals surface area contributed by atoms with E-state index in [-0.39, 0.29) is 18.3 Å². The van der Waals surface area contributed by atoms with Gasteiger partial charge in [0.25, 0.3) is 0 Å². The van der Waals surface area contributed by atoms with Crippen molar-refractivity contribution in [2.24, 2.45) is 0 Å². The van der Waals surface area contributed by atoms with Crippen molar-refractivity contribution in [3.8, 4) is 17.2 Å². The molecule has 0 aromatic heterocycles. The van der Waals surface area contributed by atoms with Crippen LogP contribution in [0.15, 0.2) is 91.0 Å². The fourth-order valence-corrected chi connectivity index (χ4v) is 3.14. The molecule has 3 radical (unpaired) electrons. The van der Waals surface area contributed by atoms with Crippen LogP contribution in [0, 0.1) is 0 Å². The van der Waals surface area contributed by atoms with Crippen molar-refractivity contribution >= 4 is 26.1 Å². The Hall–Kier alpha value is -2.22. The van der Waals surface area contributed by atoms with Gasteiger partial charge in [-0.05, 0) is 36.4 Å². The fourth-order valence-electron chi connectivity index (χ4n) is 1.89. The smallest absolute Gasteiger partial charge is 0.386 e. The summed E-state index contributed by atoms with van der Waals surface area (Å²) in [5.74, 6) is 1.22. The van der Waals surface area contributed by atoms with Gasteiger partial charge in [-0.2, -0.15) is 14.5 Å². The zero-order valence-electron chi connectivity index (χ0n) is 13.5. The number of phosphoric acid groups is 1. The average molecular weight is 371 g/mol. The largest absolute Gasteiger partial charge is 0.647 e. The summed E-state index contributed by atoms with van der Waals surface area (Å²) in [5.41, 5.74) is 0. The van der Waals surface area contributed by atoms with Gasteiger partial charge in [-0.15, -0.1) is 0 Å². The van der Waals surface area contributed by atoms with E-state index >= 15 is 0 Å². The number of benzene rings is 3. The van der Waals surface area contributed by atoms with Crippen molar-refractivity contribution in [3.63, 3.8) is 0 Å². The molecule has 0 amide bonds. The van der Waals surface area contributed by atoms with Crippen LogP contribution in [0.25, 0.3) is 0 Å². The molecule has 1 atom stereocenters. The molecule has 4 nitrogen and oxygen atoms in total. The van der Waals surface area contributed by atoms with Gasteiger partial charge in [0, 0.05) is 8.41 Å². The Morgan fingerprint density at radius 1 is 0.520 bits per heavy atom. The number of rotatable bonds is 6. The van der Waals surface area contributed by atoms with E-state index in [1.807, 2.05) is 18.2 Å². The van der Waals surface area contributed by atoms with Crippen LogP contribution in [-0.2, 0) is 4.57 Å². The van der Waals surface area contributed by atoms with E-state index < -0.39 is 7.82 Å². The lowest BCUT2D eigenvalue weighted by atomic mass is 10.3. The third kappa shape index (κ3) is 6.30. The first-order valence-corrected chi connectivity index (χ1v) is 8.54. The van der Waals surface area contributed by atoms with Gasteiger partial charge in [-0.25, -0.2) is 0 Å². The van der Waals surface area contributed by atoms with Gasteiger partial charge in [0.2, 0.25) is 0 Å². The highest BCUT2D eigenvalue weighted by Crippen LogP contribution is 2.49. The fraction of sp³-hybridized carbons (Fsp3) is 0. The Labute approximate surface area is 153 Å². The Morgan fingerprint density at radius 2 is 0.760 bits per heavy atom. The van der Waals surface area contributed by atoms with Crippen LogP contribution in [0.1, 0.15) is 0 Å². The van der Waals surface area contributed by atoms with Crippen molar-refractivity contribution in [2.75, 3.05) is 0 Å². The molecule has 0 fully saturated rings. The molecular weight excluding hydrogens is 353 g/mol. The second kappa shape index (κ2) is 9.93. The molecule has 127 valence electrons. The molecule has 0 aliphatic heterocycles. The van der Waals surface area contributed by atoms with E-state index in [0.717, 1.165) is 0 Å². The highest BCUT2D eigenvalue weighted by Gasteiger charge is 2.33. The Bertz CT molecular complexity index is 678. The SMILES string of the molecule is O=P(Oc1ccccc1)(Oc1ccccc1)Oc1ccccc1.P.[B]. The highest BCUT2D eigenvalue weighted by molar-refractivity contribution is 7.49. The minimum atomic E-state index is -3.89. The predicted octanol–water partition coefficient (Wildman–Crippen LogP) is 5.01. The molecule has 3 aromatic rings. The van der Waals surface area contributed by atoms with Gasteiger partial charge in [-0.3, -0.25) is 0 Å². The molecule has 3 aromatic carbocycles. The van der Waals surface area contributed by atoms with Crippen LogP contribution in [0.5, 0.6) is 17.2 Å². The number of hydrogen-bond donors (Lipinski definition) is 0. The third-order valence-electron chi connectivity index (χ3n) is 2.88. The van der Waals surface area contributed by atoms with E-state index in [1.165, 1.54) is 0 Å². The maximum atomic E-state index is 13.1. The topological polar surface area (TPSA) is 44.8 Å². The molecule has 0 saturated carbocycles. The molecular formula is C18H18BO4P2. The molecule has 0 N–H and O–H groups in total. The summed E-state index contributed by atoms with van der Waals surface area (Å²) in [5, 5.41) is 0. The van der Waals surface area contributed by atoms with Gasteiger partial charge >= 0.3 is 7.82 Å². The molecule has 0 saturated heterocycles. The maximum absolute atomic E-state index is 13.1. The van der Waals surface area contributed by atoms with Crippen LogP contribution in [0.4, 0.5) is 0 Å². The second-order valence-electron chi connectivity index (χ2n) is 4.66. The maximum Gasteiger partial charge on any atom is 0.647 e. The molecule has 3 rings (SSSR count). The monoisotopic (exact) mass is 371 g/mol. The van der Waals surface area contributed by atoms with Crippen molar-refractivity contribution in [1.82, 2.24) is 0 Å². The van der Waals surface area contributed by atoms with E-state index in [4.69, 9.17) is 13.6 Å². The summed E-state index contributed by atoms with van der Waals surface area (Å²) >= 11 is 0. The first-order chi connectivity index (χ1) is 11.2. The van der Waals surface area contributed by atoms with Crippen molar-refractivity contribution < 1.29 is 18.1 Å². The first-order valence-electron chi connectivity index (χ1n) is 7.07. The number of hydrogen-bond acceptors (Lipinski definition) is 4. The lowest BCUT2D eigenvalue weighted by Crippen LogP contribution is -2.07. The molecule has 0 aliphatic carbocycles. The van der Waals surface area contributed by atoms with Gasteiger partial charge in [0.1, 0.15) is 17.2 Å². The van der Waals surface area contributed by atoms with Crippen LogP contribution >= 0.6 is 17.7 Å². The molecule has 7 heteroatoms. The van der Waals surface area contributed by atoms with Crippen molar-refractivity contribution in [1.29, 1.82) is 0 Å². The lowest BCUT2D eigenvalue weighted by molar-refractivity contribution is 0.298. The van der Waals surface area contributed by atoms with Gasteiger partial charge in [-0.1, -0.05) is 54.6 Å². The normalized spacial score (nSPS) is 9.92. The Balaban J connectivity index is 0.00000156. The third-order valence-corrected chi connectivity index (χ3v) is 4.18.